The van der Waals surface area contributed by atoms with Crippen LogP contribution in [0.3, 0.4) is 0 Å². The molecule has 2 fully saturated rings. The Morgan fingerprint density at radius 3 is 2.39 bits per heavy atom. The monoisotopic (exact) mass is 461 g/mol. The molecule has 2 aliphatic heterocycles. The van der Waals surface area contributed by atoms with Crippen molar-refractivity contribution in [2.75, 3.05) is 32.7 Å². The second-order valence-electron chi connectivity index (χ2n) is 9.06. The van der Waals surface area contributed by atoms with E-state index in [2.05, 4.69) is 35.2 Å². The number of halogens is 3. The third-order valence-corrected chi connectivity index (χ3v) is 6.79. The van der Waals surface area contributed by atoms with E-state index in [1.807, 2.05) is 6.92 Å². The largest absolute Gasteiger partial charge is 0.340 e. The molecule has 1 amide bonds. The van der Waals surface area contributed by atoms with Crippen molar-refractivity contribution in [1.82, 2.24) is 15.1 Å². The molecule has 0 atom stereocenters. The molecular formula is C25H35BF3N3O. The zero-order chi connectivity index (χ0) is 23.8. The lowest BCUT2D eigenvalue weighted by atomic mass is 9.82. The van der Waals surface area contributed by atoms with Crippen LogP contribution in [0, 0.1) is 11.6 Å². The highest BCUT2D eigenvalue weighted by Crippen LogP contribution is 2.30. The number of alkyl halides is 1. The fourth-order valence-electron chi connectivity index (χ4n) is 4.56. The molecule has 0 bridgehead atoms. The molecule has 2 saturated heterocycles. The van der Waals surface area contributed by atoms with Gasteiger partial charge in [-0.05, 0) is 37.5 Å². The van der Waals surface area contributed by atoms with Gasteiger partial charge in [-0.25, -0.2) is 13.2 Å². The van der Waals surface area contributed by atoms with Gasteiger partial charge < -0.3 is 10.2 Å². The molecule has 2 aliphatic rings. The quantitative estimate of drug-likeness (QED) is 0.473. The summed E-state index contributed by atoms with van der Waals surface area (Å²) in [5.74, 6) is 0.582. The minimum absolute atomic E-state index is 0.0248. The minimum atomic E-state index is -1.80. The number of likely N-dealkylation sites (tertiary alicyclic amines) is 2. The summed E-state index contributed by atoms with van der Waals surface area (Å²) in [5, 5.41) is 3.18. The average molecular weight is 461 g/mol. The Kier molecular flexibility index (Phi) is 9.21. The van der Waals surface area contributed by atoms with Gasteiger partial charge in [-0.1, -0.05) is 25.0 Å². The number of carbonyl (C=O) groups is 1. The maximum atomic E-state index is 15.6. The van der Waals surface area contributed by atoms with Crippen molar-refractivity contribution in [1.29, 1.82) is 0 Å². The maximum Gasteiger partial charge on any atom is 0.260 e. The van der Waals surface area contributed by atoms with Crippen LogP contribution < -0.4 is 5.32 Å². The van der Waals surface area contributed by atoms with Crippen molar-refractivity contribution >= 4 is 13.2 Å². The minimum Gasteiger partial charge on any atom is -0.340 e. The number of rotatable bonds is 8. The normalized spacial score (nSPS) is 20.4. The van der Waals surface area contributed by atoms with E-state index in [1.54, 1.807) is 4.90 Å². The van der Waals surface area contributed by atoms with Crippen molar-refractivity contribution < 1.29 is 18.0 Å². The van der Waals surface area contributed by atoms with Gasteiger partial charge in [-0.3, -0.25) is 9.69 Å². The molecule has 1 N–H and O–H groups in total. The van der Waals surface area contributed by atoms with Crippen molar-refractivity contribution in [3.8, 4) is 0 Å². The van der Waals surface area contributed by atoms with Crippen molar-refractivity contribution in [2.24, 2.45) is 0 Å². The van der Waals surface area contributed by atoms with Gasteiger partial charge in [0.2, 0.25) is 0 Å². The first-order valence-corrected chi connectivity index (χ1v) is 12.0. The fraction of sp³-hybridized carbons (Fsp3) is 0.560. The molecule has 0 radical (unpaired) electrons. The Hall–Kier alpha value is -2.06. The summed E-state index contributed by atoms with van der Waals surface area (Å²) in [7, 11) is 0.978. The molecular weight excluding hydrogens is 426 g/mol. The van der Waals surface area contributed by atoms with Crippen LogP contribution in [0.4, 0.5) is 13.2 Å². The molecule has 2 heterocycles. The molecule has 3 rings (SSSR count). The van der Waals surface area contributed by atoms with Crippen LogP contribution in [0.25, 0.3) is 0 Å². The lowest BCUT2D eigenvalue weighted by Crippen LogP contribution is -2.55. The summed E-state index contributed by atoms with van der Waals surface area (Å²) in [6, 6.07) is 3.88. The first-order chi connectivity index (χ1) is 15.9. The number of nitrogens with zero attached hydrogens (tertiary/aromatic N) is 2. The first-order valence-electron chi connectivity index (χ1n) is 12.0. The van der Waals surface area contributed by atoms with Gasteiger partial charge in [0.05, 0.1) is 0 Å². The zero-order valence-electron chi connectivity index (χ0n) is 19.8. The van der Waals surface area contributed by atoms with E-state index >= 15 is 4.39 Å². The SMILES string of the molecule is CB/C=C\C(=C/C)CN1CCC(F)(C(=O)N2CCC(NCc3c(F)cccc3F)CC2)CC1. The fourth-order valence-corrected chi connectivity index (χ4v) is 4.56. The Morgan fingerprint density at radius 2 is 1.82 bits per heavy atom. The molecule has 0 aliphatic carbocycles. The smallest absolute Gasteiger partial charge is 0.260 e. The Bertz CT molecular complexity index is 840. The number of hydrogen-bond acceptors (Lipinski definition) is 3. The van der Waals surface area contributed by atoms with E-state index < -0.39 is 23.2 Å². The van der Waals surface area contributed by atoms with Crippen LogP contribution >= 0.6 is 0 Å². The summed E-state index contributed by atoms with van der Waals surface area (Å²) in [6.07, 6.45) is 5.89. The van der Waals surface area contributed by atoms with Gasteiger partial charge in [0.1, 0.15) is 18.9 Å². The molecule has 0 spiro atoms. The zero-order valence-corrected chi connectivity index (χ0v) is 19.8. The molecule has 180 valence electrons. The maximum absolute atomic E-state index is 15.6. The Morgan fingerprint density at radius 1 is 1.18 bits per heavy atom. The standard InChI is InChI=1S/C25H35BF3N3O/c1-3-19(7-12-26-2)18-31-15-10-25(29,11-16-31)24(33)32-13-8-20(9-14-32)30-17-21-22(27)5-4-6-23(21)28/h3-7,12,20,26,30H,8-11,13-18H2,1-2H3/b12-7-,19-3+. The predicted molar refractivity (Wildman–Crippen MR) is 128 cm³/mol. The third-order valence-electron chi connectivity index (χ3n) is 6.79. The van der Waals surface area contributed by atoms with Crippen LogP contribution in [-0.4, -0.2) is 67.4 Å². The molecule has 33 heavy (non-hydrogen) atoms. The number of carbonyl (C=O) groups excluding carboxylic acids is 1. The van der Waals surface area contributed by atoms with Crippen LogP contribution in [-0.2, 0) is 11.3 Å². The first kappa shape index (κ1) is 25.6. The van der Waals surface area contributed by atoms with Crippen LogP contribution in [0.15, 0.2) is 41.9 Å². The highest BCUT2D eigenvalue weighted by molar-refractivity contribution is 6.40. The second-order valence-corrected chi connectivity index (χ2v) is 9.06. The Labute approximate surface area is 196 Å². The van der Waals surface area contributed by atoms with Crippen molar-refractivity contribution in [2.45, 2.75) is 57.7 Å². The lowest BCUT2D eigenvalue weighted by molar-refractivity contribution is -0.148. The van der Waals surface area contributed by atoms with Crippen molar-refractivity contribution in [3.63, 3.8) is 0 Å². The van der Waals surface area contributed by atoms with E-state index in [0.29, 0.717) is 39.0 Å². The lowest BCUT2D eigenvalue weighted by Gasteiger charge is -2.40. The second kappa shape index (κ2) is 11.9. The summed E-state index contributed by atoms with van der Waals surface area (Å²) in [4.78, 5) is 16.8. The summed E-state index contributed by atoms with van der Waals surface area (Å²) in [6.45, 7) is 7.01. The molecule has 4 nitrogen and oxygen atoms in total. The number of benzene rings is 1. The van der Waals surface area contributed by atoms with E-state index in [0.717, 1.165) is 13.8 Å². The summed E-state index contributed by atoms with van der Waals surface area (Å²) in [5.41, 5.74) is -0.571. The van der Waals surface area contributed by atoms with Gasteiger partial charge in [0, 0.05) is 63.7 Å². The topological polar surface area (TPSA) is 35.6 Å². The summed E-state index contributed by atoms with van der Waals surface area (Å²) >= 11 is 0. The van der Waals surface area contributed by atoms with Gasteiger partial charge in [-0.15, -0.1) is 5.98 Å². The average Bonchev–Trinajstić information content (AvgIpc) is 2.82. The number of nitrogens with one attached hydrogen (secondary N) is 1. The van der Waals surface area contributed by atoms with Gasteiger partial charge >= 0.3 is 0 Å². The van der Waals surface area contributed by atoms with E-state index in [4.69, 9.17) is 0 Å². The van der Waals surface area contributed by atoms with Crippen LogP contribution in [0.2, 0.25) is 6.82 Å². The van der Waals surface area contributed by atoms with Gasteiger partial charge in [0.25, 0.3) is 5.91 Å². The predicted octanol–water partition coefficient (Wildman–Crippen LogP) is 3.79. The number of amides is 1. The molecule has 1 aromatic rings. The van der Waals surface area contributed by atoms with Gasteiger partial charge in [-0.2, -0.15) is 0 Å². The Balaban J connectivity index is 1.45. The number of hydrogen-bond donors (Lipinski definition) is 1. The highest BCUT2D eigenvalue weighted by Gasteiger charge is 2.44. The highest BCUT2D eigenvalue weighted by atomic mass is 19.1. The van der Waals surface area contributed by atoms with E-state index in [1.165, 1.54) is 23.8 Å². The molecule has 8 heteroatoms. The summed E-state index contributed by atoms with van der Waals surface area (Å²) < 4.78 is 43.2. The number of allylic oxidation sites excluding steroid dienone is 1. The molecule has 0 aromatic heterocycles. The van der Waals surface area contributed by atoms with E-state index in [-0.39, 0.29) is 31.0 Å². The third kappa shape index (κ3) is 6.73. The molecule has 1 aromatic carbocycles. The molecule has 0 saturated carbocycles. The van der Waals surface area contributed by atoms with E-state index in [9.17, 15) is 13.6 Å². The van der Waals surface area contributed by atoms with Crippen molar-refractivity contribution in [3.05, 3.63) is 59.1 Å². The van der Waals surface area contributed by atoms with Crippen LogP contribution in [0.1, 0.15) is 38.2 Å². The number of piperidine rings is 2. The molecule has 0 unspecified atom stereocenters. The van der Waals surface area contributed by atoms with Gasteiger partial charge in [0.15, 0.2) is 5.67 Å². The van der Waals surface area contributed by atoms with Crippen LogP contribution in [0.5, 0.6) is 0 Å².